The minimum atomic E-state index is 0.285. The lowest BCUT2D eigenvalue weighted by molar-refractivity contribution is 0.471. The van der Waals surface area contributed by atoms with Crippen LogP contribution in [0.4, 0.5) is 0 Å². The maximum absolute atomic E-state index is 9.41. The fourth-order valence-electron chi connectivity index (χ4n) is 1.96. The van der Waals surface area contributed by atoms with Crippen molar-refractivity contribution in [2.24, 2.45) is 0 Å². The van der Waals surface area contributed by atoms with Gasteiger partial charge in [0.1, 0.15) is 5.75 Å². The molecule has 2 nitrogen and oxygen atoms in total. The van der Waals surface area contributed by atoms with E-state index in [1.54, 1.807) is 6.07 Å². The molecule has 0 saturated carbocycles. The average Bonchev–Trinajstić information content (AvgIpc) is 2.43. The lowest BCUT2D eigenvalue weighted by Crippen LogP contribution is -2.15. The highest BCUT2D eigenvalue weighted by molar-refractivity contribution is 9.10. The first-order valence-electron chi connectivity index (χ1n) is 6.48. The highest BCUT2D eigenvalue weighted by Crippen LogP contribution is 2.24. The topological polar surface area (TPSA) is 32.3 Å². The van der Waals surface area contributed by atoms with Crippen LogP contribution in [0.2, 0.25) is 0 Å². The Morgan fingerprint density at radius 3 is 2.53 bits per heavy atom. The van der Waals surface area contributed by atoms with Gasteiger partial charge in [-0.15, -0.1) is 0 Å². The van der Waals surface area contributed by atoms with Gasteiger partial charge < -0.3 is 10.4 Å². The Kier molecular flexibility index (Phi) is 5.43. The van der Waals surface area contributed by atoms with Crippen molar-refractivity contribution in [1.29, 1.82) is 0 Å². The summed E-state index contributed by atoms with van der Waals surface area (Å²) in [6.45, 7) is 1.82. The van der Waals surface area contributed by atoms with Crippen LogP contribution >= 0.6 is 15.9 Å². The summed E-state index contributed by atoms with van der Waals surface area (Å²) in [5.41, 5.74) is 2.56. The van der Waals surface area contributed by atoms with Crippen LogP contribution in [0.15, 0.2) is 53.0 Å². The van der Waals surface area contributed by atoms with Gasteiger partial charge in [-0.1, -0.05) is 36.4 Å². The van der Waals surface area contributed by atoms with E-state index in [0.29, 0.717) is 0 Å². The van der Waals surface area contributed by atoms with Crippen LogP contribution < -0.4 is 5.32 Å². The van der Waals surface area contributed by atoms with Crippen molar-refractivity contribution in [3.63, 3.8) is 0 Å². The maximum Gasteiger partial charge on any atom is 0.129 e. The lowest BCUT2D eigenvalue weighted by atomic mass is 10.1. The van der Waals surface area contributed by atoms with Gasteiger partial charge in [0, 0.05) is 6.54 Å². The van der Waals surface area contributed by atoms with Gasteiger partial charge in [-0.2, -0.15) is 0 Å². The zero-order valence-corrected chi connectivity index (χ0v) is 12.4. The molecule has 0 amide bonds. The van der Waals surface area contributed by atoms with Gasteiger partial charge in [0.2, 0.25) is 0 Å². The first-order chi connectivity index (χ1) is 9.25. The quantitative estimate of drug-likeness (QED) is 0.792. The summed E-state index contributed by atoms with van der Waals surface area (Å²) in [5.74, 6) is 0.285. The number of rotatable bonds is 6. The van der Waals surface area contributed by atoms with Gasteiger partial charge in [0.25, 0.3) is 0 Å². The summed E-state index contributed by atoms with van der Waals surface area (Å²) < 4.78 is 0.746. The summed E-state index contributed by atoms with van der Waals surface area (Å²) in [7, 11) is 0. The number of benzene rings is 2. The van der Waals surface area contributed by atoms with E-state index in [9.17, 15) is 5.11 Å². The molecule has 0 aliphatic carbocycles. The van der Waals surface area contributed by atoms with Crippen molar-refractivity contribution in [3.8, 4) is 5.75 Å². The monoisotopic (exact) mass is 319 g/mol. The second kappa shape index (κ2) is 7.31. The fourth-order valence-corrected chi connectivity index (χ4v) is 2.38. The molecule has 0 heterocycles. The van der Waals surface area contributed by atoms with E-state index in [-0.39, 0.29) is 5.75 Å². The molecule has 0 spiro atoms. The van der Waals surface area contributed by atoms with Crippen LogP contribution in [0.3, 0.4) is 0 Å². The van der Waals surface area contributed by atoms with Crippen LogP contribution in [-0.2, 0) is 13.0 Å². The maximum atomic E-state index is 9.41. The number of hydrogen-bond acceptors (Lipinski definition) is 2. The van der Waals surface area contributed by atoms with Crippen molar-refractivity contribution in [1.82, 2.24) is 5.32 Å². The third-order valence-electron chi connectivity index (χ3n) is 3.00. The molecule has 0 atom stereocenters. The van der Waals surface area contributed by atoms with Gasteiger partial charge >= 0.3 is 0 Å². The Morgan fingerprint density at radius 2 is 1.79 bits per heavy atom. The Morgan fingerprint density at radius 1 is 1.00 bits per heavy atom. The Balaban J connectivity index is 1.68. The van der Waals surface area contributed by atoms with E-state index in [1.165, 1.54) is 11.1 Å². The Labute approximate surface area is 122 Å². The van der Waals surface area contributed by atoms with E-state index in [0.717, 1.165) is 30.4 Å². The summed E-state index contributed by atoms with van der Waals surface area (Å²) in [4.78, 5) is 0. The van der Waals surface area contributed by atoms with Crippen molar-refractivity contribution >= 4 is 15.9 Å². The molecule has 0 radical (unpaired) electrons. The standard InChI is InChI=1S/C16H18BrNO/c17-15-11-14(8-9-16(15)19)12-18-10-4-7-13-5-2-1-3-6-13/h1-3,5-6,8-9,11,18-19H,4,7,10,12H2. The first-order valence-corrected chi connectivity index (χ1v) is 7.27. The number of aromatic hydroxyl groups is 1. The largest absolute Gasteiger partial charge is 0.507 e. The molecule has 2 aromatic carbocycles. The zero-order chi connectivity index (χ0) is 13.5. The Hall–Kier alpha value is -1.32. The third-order valence-corrected chi connectivity index (χ3v) is 3.64. The molecule has 3 heteroatoms. The second-order valence-electron chi connectivity index (χ2n) is 4.55. The molecule has 2 rings (SSSR count). The van der Waals surface area contributed by atoms with E-state index in [4.69, 9.17) is 0 Å². The average molecular weight is 320 g/mol. The predicted octanol–water partition coefficient (Wildman–Crippen LogP) is 3.88. The molecule has 0 saturated heterocycles. The predicted molar refractivity (Wildman–Crippen MR) is 82.3 cm³/mol. The van der Waals surface area contributed by atoms with Crippen molar-refractivity contribution in [3.05, 3.63) is 64.1 Å². The number of halogens is 1. The SMILES string of the molecule is Oc1ccc(CNCCCc2ccccc2)cc1Br. The smallest absolute Gasteiger partial charge is 0.129 e. The lowest BCUT2D eigenvalue weighted by Gasteiger charge is -2.06. The molecule has 100 valence electrons. The van der Waals surface area contributed by atoms with Crippen LogP contribution in [0.25, 0.3) is 0 Å². The summed E-state index contributed by atoms with van der Waals surface area (Å²) in [6, 6.07) is 16.1. The van der Waals surface area contributed by atoms with Gasteiger partial charge in [-0.05, 0) is 58.6 Å². The molecule has 0 aliphatic rings. The number of hydrogen-bond donors (Lipinski definition) is 2. The molecule has 0 bridgehead atoms. The van der Waals surface area contributed by atoms with Gasteiger partial charge in [-0.25, -0.2) is 0 Å². The van der Waals surface area contributed by atoms with Gasteiger partial charge in [0.15, 0.2) is 0 Å². The normalized spacial score (nSPS) is 10.6. The number of nitrogens with one attached hydrogen (secondary N) is 1. The van der Waals surface area contributed by atoms with Crippen molar-refractivity contribution in [2.75, 3.05) is 6.54 Å². The van der Waals surface area contributed by atoms with Crippen LogP contribution in [-0.4, -0.2) is 11.7 Å². The molecule has 19 heavy (non-hydrogen) atoms. The summed E-state index contributed by atoms with van der Waals surface area (Å²) >= 11 is 3.32. The van der Waals surface area contributed by atoms with Crippen molar-refractivity contribution < 1.29 is 5.11 Å². The zero-order valence-electron chi connectivity index (χ0n) is 10.8. The second-order valence-corrected chi connectivity index (χ2v) is 5.41. The van der Waals surface area contributed by atoms with E-state index in [1.807, 2.05) is 18.2 Å². The fraction of sp³-hybridized carbons (Fsp3) is 0.250. The van der Waals surface area contributed by atoms with Crippen LogP contribution in [0.1, 0.15) is 17.5 Å². The van der Waals surface area contributed by atoms with Gasteiger partial charge in [0.05, 0.1) is 4.47 Å². The van der Waals surface area contributed by atoms with E-state index >= 15 is 0 Å². The molecule has 0 aliphatic heterocycles. The summed E-state index contributed by atoms with van der Waals surface area (Å²) in [6.07, 6.45) is 2.23. The molecule has 2 N–H and O–H groups in total. The van der Waals surface area contributed by atoms with Crippen LogP contribution in [0.5, 0.6) is 5.75 Å². The molecular formula is C16H18BrNO. The van der Waals surface area contributed by atoms with E-state index in [2.05, 4.69) is 45.5 Å². The Bertz CT molecular complexity index is 513. The molecule has 0 aromatic heterocycles. The minimum Gasteiger partial charge on any atom is -0.507 e. The van der Waals surface area contributed by atoms with Gasteiger partial charge in [-0.3, -0.25) is 0 Å². The number of phenols is 1. The minimum absolute atomic E-state index is 0.285. The third kappa shape index (κ3) is 4.69. The molecule has 2 aromatic rings. The molecule has 0 unspecified atom stereocenters. The number of phenolic OH excluding ortho intramolecular Hbond substituents is 1. The van der Waals surface area contributed by atoms with E-state index < -0.39 is 0 Å². The van der Waals surface area contributed by atoms with Crippen molar-refractivity contribution in [2.45, 2.75) is 19.4 Å². The highest BCUT2D eigenvalue weighted by atomic mass is 79.9. The highest BCUT2D eigenvalue weighted by Gasteiger charge is 1.99. The van der Waals surface area contributed by atoms with Crippen LogP contribution in [0, 0.1) is 0 Å². The number of aryl methyl sites for hydroxylation is 1. The molecule has 0 fully saturated rings. The molecular weight excluding hydrogens is 302 g/mol. The summed E-state index contributed by atoms with van der Waals surface area (Å²) in [5, 5.41) is 12.8. The first kappa shape index (κ1) is 14.1.